The van der Waals surface area contributed by atoms with Crippen LogP contribution in [0.1, 0.15) is 34.1 Å². The highest BCUT2D eigenvalue weighted by Crippen LogP contribution is 2.29. The van der Waals surface area contributed by atoms with Gasteiger partial charge >= 0.3 is 0 Å². The molecule has 2 N–H and O–H groups in total. The third-order valence-corrected chi connectivity index (χ3v) is 6.89. The molecule has 32 heavy (non-hydrogen) atoms. The van der Waals surface area contributed by atoms with Crippen molar-refractivity contribution < 1.29 is 9.53 Å². The summed E-state index contributed by atoms with van der Waals surface area (Å²) >= 11 is 2.75. The molecule has 164 valence electrons. The van der Waals surface area contributed by atoms with E-state index in [9.17, 15) is 9.59 Å². The maximum absolute atomic E-state index is 12.6. The number of aromatic nitrogens is 3. The van der Waals surface area contributed by atoms with Gasteiger partial charge in [-0.15, -0.1) is 10.2 Å². The van der Waals surface area contributed by atoms with Crippen molar-refractivity contribution >= 4 is 45.0 Å². The molecule has 0 saturated carbocycles. The maximum atomic E-state index is 12.6. The number of thioether (sulfide) groups is 1. The van der Waals surface area contributed by atoms with E-state index in [1.807, 2.05) is 32.9 Å². The number of fused-ring (bicyclic) bond motifs is 1. The smallest absolute Gasteiger partial charge is 0.257 e. The Labute approximate surface area is 193 Å². The van der Waals surface area contributed by atoms with Gasteiger partial charge in [-0.2, -0.15) is 0 Å². The Morgan fingerprint density at radius 1 is 1.12 bits per heavy atom. The molecule has 0 atom stereocenters. The fourth-order valence-corrected chi connectivity index (χ4v) is 4.95. The lowest BCUT2D eigenvalue weighted by molar-refractivity contribution is 0.102. The predicted molar refractivity (Wildman–Crippen MR) is 129 cm³/mol. The summed E-state index contributed by atoms with van der Waals surface area (Å²) < 4.78 is 6.09. The average Bonchev–Trinajstić information content (AvgIpc) is 3.22. The van der Waals surface area contributed by atoms with Crippen LogP contribution in [0.3, 0.4) is 0 Å². The highest BCUT2D eigenvalue weighted by atomic mass is 32.2. The Bertz CT molecular complexity index is 1330. The first-order chi connectivity index (χ1) is 15.4. The summed E-state index contributed by atoms with van der Waals surface area (Å²) in [6.45, 7) is 6.41. The Hall–Kier alpha value is -3.17. The monoisotopic (exact) mass is 466 g/mol. The summed E-state index contributed by atoms with van der Waals surface area (Å²) in [7, 11) is 0. The van der Waals surface area contributed by atoms with Crippen LogP contribution >= 0.6 is 23.1 Å². The topological polar surface area (TPSA) is 97.0 Å². The number of aryl methyl sites for hydroxylation is 2. The van der Waals surface area contributed by atoms with Crippen molar-refractivity contribution in [3.63, 3.8) is 0 Å². The summed E-state index contributed by atoms with van der Waals surface area (Å²) in [4.78, 5) is 28.4. The molecular weight excluding hydrogens is 444 g/mol. The van der Waals surface area contributed by atoms with E-state index >= 15 is 0 Å². The van der Waals surface area contributed by atoms with Crippen LogP contribution in [0.15, 0.2) is 51.6 Å². The first-order valence-corrected chi connectivity index (χ1v) is 11.9. The molecule has 1 amide bonds. The maximum Gasteiger partial charge on any atom is 0.257 e. The number of amides is 1. The third-order valence-electron chi connectivity index (χ3n) is 4.86. The minimum atomic E-state index is -0.259. The molecule has 9 heteroatoms. The number of aromatic amines is 1. The summed E-state index contributed by atoms with van der Waals surface area (Å²) in [6, 6.07) is 12.5. The normalized spacial score (nSPS) is 11.0. The number of anilines is 1. The van der Waals surface area contributed by atoms with Crippen LogP contribution < -0.4 is 15.5 Å². The van der Waals surface area contributed by atoms with Gasteiger partial charge in [0.05, 0.1) is 12.1 Å². The van der Waals surface area contributed by atoms with Gasteiger partial charge in [-0.05, 0) is 56.2 Å². The number of pyridine rings is 1. The molecule has 0 saturated heterocycles. The van der Waals surface area contributed by atoms with Gasteiger partial charge in [-0.1, -0.05) is 35.2 Å². The van der Waals surface area contributed by atoms with Crippen molar-refractivity contribution in [2.24, 2.45) is 0 Å². The lowest BCUT2D eigenvalue weighted by atomic mass is 10.0. The molecule has 2 aromatic carbocycles. The van der Waals surface area contributed by atoms with Crippen LogP contribution in [-0.2, 0) is 5.75 Å². The minimum absolute atomic E-state index is 0.0103. The van der Waals surface area contributed by atoms with Gasteiger partial charge in [0.1, 0.15) is 5.75 Å². The SMILES string of the molecule is CCOc1ccc(C(=O)Nc2nnc(SCc3cc(=O)c4c(C)ccc(C)c4[nH]3)s2)cc1. The van der Waals surface area contributed by atoms with Gasteiger partial charge in [0, 0.05) is 28.5 Å². The molecule has 2 heterocycles. The molecule has 4 rings (SSSR count). The lowest BCUT2D eigenvalue weighted by Crippen LogP contribution is -2.11. The molecule has 0 aliphatic heterocycles. The van der Waals surface area contributed by atoms with Crippen molar-refractivity contribution in [2.45, 2.75) is 30.9 Å². The second-order valence-electron chi connectivity index (χ2n) is 7.18. The molecule has 0 unspecified atom stereocenters. The Morgan fingerprint density at radius 3 is 2.62 bits per heavy atom. The zero-order valence-electron chi connectivity index (χ0n) is 17.9. The van der Waals surface area contributed by atoms with Crippen LogP contribution in [0.25, 0.3) is 10.9 Å². The largest absolute Gasteiger partial charge is 0.494 e. The molecule has 0 bridgehead atoms. The molecular formula is C23H22N4O3S2. The fourth-order valence-electron chi connectivity index (χ4n) is 3.29. The zero-order chi connectivity index (χ0) is 22.7. The molecule has 4 aromatic rings. The van der Waals surface area contributed by atoms with E-state index in [4.69, 9.17) is 4.74 Å². The molecule has 0 aliphatic carbocycles. The number of rotatable bonds is 7. The van der Waals surface area contributed by atoms with E-state index in [2.05, 4.69) is 20.5 Å². The minimum Gasteiger partial charge on any atom is -0.494 e. The van der Waals surface area contributed by atoms with E-state index in [1.54, 1.807) is 30.3 Å². The Balaban J connectivity index is 1.42. The van der Waals surface area contributed by atoms with Crippen molar-refractivity contribution in [2.75, 3.05) is 11.9 Å². The van der Waals surface area contributed by atoms with E-state index in [-0.39, 0.29) is 11.3 Å². The molecule has 7 nitrogen and oxygen atoms in total. The summed E-state index contributed by atoms with van der Waals surface area (Å²) in [6.07, 6.45) is 0. The van der Waals surface area contributed by atoms with Gasteiger partial charge in [0.25, 0.3) is 5.91 Å². The number of hydrogen-bond acceptors (Lipinski definition) is 7. The van der Waals surface area contributed by atoms with E-state index < -0.39 is 0 Å². The number of hydrogen-bond donors (Lipinski definition) is 2. The first-order valence-electron chi connectivity index (χ1n) is 10.1. The van der Waals surface area contributed by atoms with Gasteiger partial charge in [-0.3, -0.25) is 14.9 Å². The van der Waals surface area contributed by atoms with Gasteiger partial charge in [-0.25, -0.2) is 0 Å². The predicted octanol–water partition coefficient (Wildman–Crippen LogP) is 4.94. The van der Waals surface area contributed by atoms with Crippen molar-refractivity contribution in [3.05, 3.63) is 75.1 Å². The van der Waals surface area contributed by atoms with E-state index in [0.29, 0.717) is 27.4 Å². The number of ether oxygens (including phenoxy) is 1. The Morgan fingerprint density at radius 2 is 1.88 bits per heavy atom. The Kier molecular flexibility index (Phi) is 6.57. The number of carbonyl (C=O) groups is 1. The number of benzene rings is 2. The van der Waals surface area contributed by atoms with Crippen molar-refractivity contribution in [1.82, 2.24) is 15.2 Å². The highest BCUT2D eigenvalue weighted by Gasteiger charge is 2.12. The van der Waals surface area contributed by atoms with Crippen molar-refractivity contribution in [3.8, 4) is 5.75 Å². The van der Waals surface area contributed by atoms with Gasteiger partial charge < -0.3 is 9.72 Å². The molecule has 0 fully saturated rings. The van der Waals surface area contributed by atoms with Crippen molar-refractivity contribution in [1.29, 1.82) is 0 Å². The number of carbonyl (C=O) groups excluding carboxylic acids is 1. The van der Waals surface area contributed by atoms with Crippen LogP contribution in [0.2, 0.25) is 0 Å². The van der Waals surface area contributed by atoms with E-state index in [1.165, 1.54) is 23.1 Å². The fraction of sp³-hybridized carbons (Fsp3) is 0.217. The van der Waals surface area contributed by atoms with Crippen LogP contribution in [0.5, 0.6) is 5.75 Å². The average molecular weight is 467 g/mol. The summed E-state index contributed by atoms with van der Waals surface area (Å²) in [5, 5.41) is 12.1. The number of H-pyrrole nitrogens is 1. The van der Waals surface area contributed by atoms with Crippen LogP contribution in [0, 0.1) is 13.8 Å². The second-order valence-corrected chi connectivity index (χ2v) is 9.38. The molecule has 0 aliphatic rings. The molecule has 2 aromatic heterocycles. The quantitative estimate of drug-likeness (QED) is 0.296. The number of nitrogens with zero attached hydrogens (tertiary/aromatic N) is 2. The van der Waals surface area contributed by atoms with Crippen LogP contribution in [0.4, 0.5) is 5.13 Å². The van der Waals surface area contributed by atoms with Gasteiger partial charge in [0.2, 0.25) is 5.13 Å². The second kappa shape index (κ2) is 9.54. The molecule has 0 spiro atoms. The highest BCUT2D eigenvalue weighted by molar-refractivity contribution is 8.00. The lowest BCUT2D eigenvalue weighted by Gasteiger charge is -2.08. The third kappa shape index (κ3) is 4.84. The first kappa shape index (κ1) is 22.0. The van der Waals surface area contributed by atoms with Crippen LogP contribution in [-0.4, -0.2) is 27.7 Å². The standard InChI is InChI=1S/C23H22N4O3S2/c1-4-30-17-9-7-15(8-10-17)21(29)25-22-26-27-23(32-22)31-12-16-11-18(28)19-13(2)5-6-14(3)20(19)24-16/h5-11H,4,12H2,1-3H3,(H,24,28)(H,25,26,29). The number of nitrogens with one attached hydrogen (secondary N) is 2. The van der Waals surface area contributed by atoms with E-state index in [0.717, 1.165) is 33.5 Å². The summed E-state index contributed by atoms with van der Waals surface area (Å²) in [5.41, 5.74) is 4.20. The summed E-state index contributed by atoms with van der Waals surface area (Å²) in [5.74, 6) is 1.00. The molecule has 0 radical (unpaired) electrons. The van der Waals surface area contributed by atoms with Gasteiger partial charge in [0.15, 0.2) is 9.77 Å². The zero-order valence-corrected chi connectivity index (χ0v) is 19.5.